The summed E-state index contributed by atoms with van der Waals surface area (Å²) in [5.41, 5.74) is 2.69. The lowest BCUT2D eigenvalue weighted by Gasteiger charge is -2.09. The van der Waals surface area contributed by atoms with Gasteiger partial charge in [-0.25, -0.2) is 4.68 Å². The normalized spacial score (nSPS) is 10.5. The van der Waals surface area contributed by atoms with Crippen molar-refractivity contribution in [2.75, 3.05) is 0 Å². The lowest BCUT2D eigenvalue weighted by molar-refractivity contribution is -0.384. The van der Waals surface area contributed by atoms with E-state index in [-0.39, 0.29) is 11.4 Å². The summed E-state index contributed by atoms with van der Waals surface area (Å²) in [6.45, 7) is 1.82. The number of hydrogen-bond acceptors (Lipinski definition) is 5. The van der Waals surface area contributed by atoms with Crippen LogP contribution in [0.25, 0.3) is 16.9 Å². The minimum atomic E-state index is -0.470. The number of nitro groups is 1. The number of non-ortho nitro benzene ring substituents is 1. The SMILES string of the molecule is Cc1ccc([N+](=O)[O-])cc1-n1nnc(C=O)c1-c1ccccc1. The van der Waals surface area contributed by atoms with Gasteiger partial charge < -0.3 is 0 Å². The van der Waals surface area contributed by atoms with E-state index in [2.05, 4.69) is 10.3 Å². The first-order chi connectivity index (χ1) is 11.1. The molecule has 0 bridgehead atoms. The van der Waals surface area contributed by atoms with Gasteiger partial charge in [0.05, 0.1) is 10.6 Å². The molecular formula is C16H12N4O3. The van der Waals surface area contributed by atoms with Crippen LogP contribution >= 0.6 is 0 Å². The summed E-state index contributed by atoms with van der Waals surface area (Å²) in [6, 6.07) is 13.7. The highest BCUT2D eigenvalue weighted by Crippen LogP contribution is 2.27. The molecule has 2 aromatic carbocycles. The van der Waals surface area contributed by atoms with Crippen molar-refractivity contribution in [1.82, 2.24) is 15.0 Å². The number of carbonyl (C=O) groups excluding carboxylic acids is 1. The molecule has 0 unspecified atom stereocenters. The molecule has 114 valence electrons. The fourth-order valence-corrected chi connectivity index (χ4v) is 2.35. The van der Waals surface area contributed by atoms with Crippen molar-refractivity contribution in [3.8, 4) is 16.9 Å². The van der Waals surface area contributed by atoms with E-state index >= 15 is 0 Å². The van der Waals surface area contributed by atoms with Crippen molar-refractivity contribution in [3.05, 3.63) is 69.9 Å². The third-order valence-electron chi connectivity index (χ3n) is 3.49. The van der Waals surface area contributed by atoms with Gasteiger partial charge in [0.2, 0.25) is 0 Å². The molecule has 3 aromatic rings. The molecule has 7 heteroatoms. The molecule has 0 radical (unpaired) electrons. The number of aryl methyl sites for hydroxylation is 1. The molecule has 0 aliphatic heterocycles. The Balaban J connectivity index is 2.26. The summed E-state index contributed by atoms with van der Waals surface area (Å²) in [6.07, 6.45) is 0.624. The zero-order chi connectivity index (χ0) is 16.4. The smallest absolute Gasteiger partial charge is 0.271 e. The van der Waals surface area contributed by atoms with E-state index < -0.39 is 4.92 Å². The van der Waals surface area contributed by atoms with Crippen molar-refractivity contribution in [1.29, 1.82) is 0 Å². The molecule has 0 aliphatic carbocycles. The lowest BCUT2D eigenvalue weighted by atomic mass is 10.1. The Labute approximate surface area is 131 Å². The maximum atomic E-state index is 11.3. The molecule has 23 heavy (non-hydrogen) atoms. The molecule has 0 atom stereocenters. The van der Waals surface area contributed by atoms with Gasteiger partial charge in [-0.1, -0.05) is 41.6 Å². The Hall–Kier alpha value is -3.35. The molecule has 0 saturated carbocycles. The van der Waals surface area contributed by atoms with Crippen LogP contribution in [0.1, 0.15) is 16.1 Å². The third kappa shape index (κ3) is 2.59. The van der Waals surface area contributed by atoms with Crippen molar-refractivity contribution < 1.29 is 9.72 Å². The number of hydrogen-bond donors (Lipinski definition) is 0. The highest BCUT2D eigenvalue weighted by atomic mass is 16.6. The summed E-state index contributed by atoms with van der Waals surface area (Å²) in [5, 5.41) is 18.9. The Morgan fingerprint density at radius 3 is 2.57 bits per heavy atom. The average molecular weight is 308 g/mol. The van der Waals surface area contributed by atoms with E-state index in [9.17, 15) is 14.9 Å². The van der Waals surface area contributed by atoms with Gasteiger partial charge in [-0.05, 0) is 12.5 Å². The van der Waals surface area contributed by atoms with Crippen molar-refractivity contribution >= 4 is 12.0 Å². The van der Waals surface area contributed by atoms with Gasteiger partial charge in [0.1, 0.15) is 5.69 Å². The number of aldehydes is 1. The topological polar surface area (TPSA) is 90.9 Å². The van der Waals surface area contributed by atoms with E-state index in [1.165, 1.54) is 16.8 Å². The maximum absolute atomic E-state index is 11.3. The van der Waals surface area contributed by atoms with Crippen molar-refractivity contribution in [3.63, 3.8) is 0 Å². The molecule has 0 fully saturated rings. The van der Waals surface area contributed by atoms with Gasteiger partial charge >= 0.3 is 0 Å². The molecule has 1 heterocycles. The standard InChI is InChI=1S/C16H12N4O3/c1-11-7-8-13(20(22)23)9-15(11)19-16(14(10-21)17-18-19)12-5-3-2-4-6-12/h2-10H,1H3. The minimum Gasteiger partial charge on any atom is -0.296 e. The van der Waals surface area contributed by atoms with Crippen molar-refractivity contribution in [2.45, 2.75) is 6.92 Å². The van der Waals surface area contributed by atoms with Gasteiger partial charge in [-0.2, -0.15) is 0 Å². The van der Waals surface area contributed by atoms with E-state index in [1.54, 1.807) is 6.07 Å². The minimum absolute atomic E-state index is 0.0484. The van der Waals surface area contributed by atoms with Crippen LogP contribution in [-0.4, -0.2) is 26.2 Å². The Kier molecular flexibility index (Phi) is 3.68. The van der Waals surface area contributed by atoms with Crippen LogP contribution in [0.15, 0.2) is 48.5 Å². The molecule has 0 N–H and O–H groups in total. The fourth-order valence-electron chi connectivity index (χ4n) is 2.35. The van der Waals surface area contributed by atoms with Gasteiger partial charge in [0.25, 0.3) is 5.69 Å². The molecule has 0 spiro atoms. The van der Waals surface area contributed by atoms with E-state index in [0.717, 1.165) is 11.1 Å². The number of benzene rings is 2. The fraction of sp³-hybridized carbons (Fsp3) is 0.0625. The van der Waals surface area contributed by atoms with Crippen LogP contribution in [0.3, 0.4) is 0 Å². The summed E-state index contributed by atoms with van der Waals surface area (Å²) >= 11 is 0. The molecular weight excluding hydrogens is 296 g/mol. The van der Waals surface area contributed by atoms with Crippen LogP contribution in [-0.2, 0) is 0 Å². The molecule has 1 aromatic heterocycles. The largest absolute Gasteiger partial charge is 0.296 e. The summed E-state index contributed by atoms with van der Waals surface area (Å²) in [5.74, 6) is 0. The van der Waals surface area contributed by atoms with Gasteiger partial charge in [0.15, 0.2) is 12.0 Å². The monoisotopic (exact) mass is 308 g/mol. The van der Waals surface area contributed by atoms with Crippen LogP contribution < -0.4 is 0 Å². The first kappa shape index (κ1) is 14.6. The van der Waals surface area contributed by atoms with Crippen LogP contribution in [0, 0.1) is 17.0 Å². The predicted molar refractivity (Wildman–Crippen MR) is 83.6 cm³/mol. The predicted octanol–water partition coefficient (Wildman–Crippen LogP) is 2.96. The second-order valence-electron chi connectivity index (χ2n) is 4.95. The van der Waals surface area contributed by atoms with E-state index in [0.29, 0.717) is 17.7 Å². The molecule has 0 saturated heterocycles. The van der Waals surface area contributed by atoms with Crippen LogP contribution in [0.2, 0.25) is 0 Å². The average Bonchev–Trinajstić information content (AvgIpc) is 2.99. The highest BCUT2D eigenvalue weighted by Gasteiger charge is 2.19. The Morgan fingerprint density at radius 1 is 1.17 bits per heavy atom. The van der Waals surface area contributed by atoms with E-state index in [1.807, 2.05) is 37.3 Å². The second-order valence-corrected chi connectivity index (χ2v) is 4.95. The quantitative estimate of drug-likeness (QED) is 0.420. The second kappa shape index (κ2) is 5.80. The number of aromatic nitrogens is 3. The zero-order valence-corrected chi connectivity index (χ0v) is 12.2. The summed E-state index contributed by atoms with van der Waals surface area (Å²) < 4.78 is 1.46. The first-order valence-corrected chi connectivity index (χ1v) is 6.83. The molecule has 0 amide bonds. The number of nitro benzene ring substituents is 1. The van der Waals surface area contributed by atoms with E-state index in [4.69, 9.17) is 0 Å². The number of rotatable bonds is 4. The van der Waals surface area contributed by atoms with Crippen LogP contribution in [0.4, 0.5) is 5.69 Å². The van der Waals surface area contributed by atoms with Gasteiger partial charge in [0, 0.05) is 17.7 Å². The summed E-state index contributed by atoms with van der Waals surface area (Å²) in [4.78, 5) is 21.8. The highest BCUT2D eigenvalue weighted by molar-refractivity contribution is 5.84. The Morgan fingerprint density at radius 2 is 1.91 bits per heavy atom. The molecule has 0 aliphatic rings. The first-order valence-electron chi connectivity index (χ1n) is 6.83. The van der Waals surface area contributed by atoms with Crippen LogP contribution in [0.5, 0.6) is 0 Å². The Bertz CT molecular complexity index is 888. The lowest BCUT2D eigenvalue weighted by Crippen LogP contribution is -2.03. The zero-order valence-electron chi connectivity index (χ0n) is 12.2. The van der Waals surface area contributed by atoms with Gasteiger partial charge in [-0.3, -0.25) is 14.9 Å². The molecule has 3 rings (SSSR count). The number of nitrogens with zero attached hydrogens (tertiary/aromatic N) is 4. The molecule has 7 nitrogen and oxygen atoms in total. The van der Waals surface area contributed by atoms with Crippen molar-refractivity contribution in [2.24, 2.45) is 0 Å². The summed E-state index contributed by atoms with van der Waals surface area (Å²) in [7, 11) is 0. The maximum Gasteiger partial charge on any atom is 0.271 e. The number of carbonyl (C=O) groups is 1. The third-order valence-corrected chi connectivity index (χ3v) is 3.49. The van der Waals surface area contributed by atoms with Gasteiger partial charge in [-0.15, -0.1) is 5.10 Å².